The highest BCUT2D eigenvalue weighted by atomic mass is 19.4. The summed E-state index contributed by atoms with van der Waals surface area (Å²) in [6.45, 7) is 1.20. The van der Waals surface area contributed by atoms with E-state index in [0.717, 1.165) is 25.0 Å². The SMILES string of the molecule is N[C@@H]1CCCN(C(=O)Cc2ccc(C(F)(F)F)cc2)C1. The van der Waals surface area contributed by atoms with Gasteiger partial charge in [0.1, 0.15) is 0 Å². The van der Waals surface area contributed by atoms with Crippen LogP contribution in [0.15, 0.2) is 24.3 Å². The smallest absolute Gasteiger partial charge is 0.341 e. The Kier molecular flexibility index (Phi) is 4.32. The molecule has 1 aliphatic rings. The summed E-state index contributed by atoms with van der Waals surface area (Å²) in [5.74, 6) is -0.0834. The van der Waals surface area contributed by atoms with Crippen molar-refractivity contribution in [1.29, 1.82) is 0 Å². The van der Waals surface area contributed by atoms with E-state index in [1.165, 1.54) is 12.1 Å². The molecule has 2 N–H and O–H groups in total. The number of carbonyl (C=O) groups is 1. The molecule has 1 heterocycles. The third-order valence-electron chi connectivity index (χ3n) is 3.45. The molecule has 110 valence electrons. The maximum Gasteiger partial charge on any atom is 0.416 e. The third-order valence-corrected chi connectivity index (χ3v) is 3.45. The third kappa shape index (κ3) is 3.72. The fraction of sp³-hybridized carbons (Fsp3) is 0.500. The molecular formula is C14H17F3N2O. The molecule has 1 saturated heterocycles. The number of alkyl halides is 3. The van der Waals surface area contributed by atoms with Crippen LogP contribution in [0.25, 0.3) is 0 Å². The fourth-order valence-corrected chi connectivity index (χ4v) is 2.33. The van der Waals surface area contributed by atoms with Gasteiger partial charge in [0.15, 0.2) is 0 Å². The van der Waals surface area contributed by atoms with Crippen molar-refractivity contribution in [1.82, 2.24) is 4.90 Å². The standard InChI is InChI=1S/C14H17F3N2O/c15-14(16,17)11-5-3-10(4-6-11)8-13(20)19-7-1-2-12(18)9-19/h3-6,12H,1-2,7-9,18H2/t12-/m1/s1. The van der Waals surface area contributed by atoms with Crippen molar-refractivity contribution in [2.45, 2.75) is 31.5 Å². The van der Waals surface area contributed by atoms with Crippen molar-refractivity contribution < 1.29 is 18.0 Å². The Hall–Kier alpha value is -1.56. The Bertz CT molecular complexity index is 470. The average molecular weight is 286 g/mol. The highest BCUT2D eigenvalue weighted by molar-refractivity contribution is 5.78. The van der Waals surface area contributed by atoms with Gasteiger partial charge >= 0.3 is 6.18 Å². The monoisotopic (exact) mass is 286 g/mol. The van der Waals surface area contributed by atoms with E-state index in [9.17, 15) is 18.0 Å². The van der Waals surface area contributed by atoms with Gasteiger partial charge in [-0.15, -0.1) is 0 Å². The summed E-state index contributed by atoms with van der Waals surface area (Å²) in [7, 11) is 0. The van der Waals surface area contributed by atoms with Crippen LogP contribution in [0.4, 0.5) is 13.2 Å². The molecule has 6 heteroatoms. The van der Waals surface area contributed by atoms with Crippen LogP contribution in [0.2, 0.25) is 0 Å². The van der Waals surface area contributed by atoms with Crippen molar-refractivity contribution in [3.05, 3.63) is 35.4 Å². The fourth-order valence-electron chi connectivity index (χ4n) is 2.33. The summed E-state index contributed by atoms with van der Waals surface area (Å²) in [6, 6.07) is 4.71. The molecule has 1 aliphatic heterocycles. The number of amides is 1. The molecule has 0 unspecified atom stereocenters. The second kappa shape index (κ2) is 5.83. The number of piperidine rings is 1. The lowest BCUT2D eigenvalue weighted by Crippen LogP contribution is -2.46. The summed E-state index contributed by atoms with van der Waals surface area (Å²) in [5, 5.41) is 0. The molecule has 3 nitrogen and oxygen atoms in total. The highest BCUT2D eigenvalue weighted by Gasteiger charge is 2.30. The van der Waals surface area contributed by atoms with Gasteiger partial charge < -0.3 is 10.6 Å². The number of nitrogens with zero attached hydrogens (tertiary/aromatic N) is 1. The topological polar surface area (TPSA) is 46.3 Å². The molecule has 0 aromatic heterocycles. The van der Waals surface area contributed by atoms with E-state index in [4.69, 9.17) is 5.73 Å². The lowest BCUT2D eigenvalue weighted by atomic mass is 10.0. The van der Waals surface area contributed by atoms with Gasteiger partial charge in [0.2, 0.25) is 5.91 Å². The average Bonchev–Trinajstić information content (AvgIpc) is 2.38. The summed E-state index contributed by atoms with van der Waals surface area (Å²) in [6.07, 6.45) is -2.45. The second-order valence-corrected chi connectivity index (χ2v) is 5.11. The lowest BCUT2D eigenvalue weighted by Gasteiger charge is -2.30. The predicted molar refractivity (Wildman–Crippen MR) is 68.9 cm³/mol. The van der Waals surface area contributed by atoms with Gasteiger partial charge in [0.05, 0.1) is 12.0 Å². The van der Waals surface area contributed by atoms with E-state index in [2.05, 4.69) is 0 Å². The quantitative estimate of drug-likeness (QED) is 0.906. The minimum atomic E-state index is -4.35. The number of likely N-dealkylation sites (tertiary alicyclic amines) is 1. The van der Waals surface area contributed by atoms with E-state index >= 15 is 0 Å². The predicted octanol–water partition coefficient (Wildman–Crippen LogP) is 2.20. The van der Waals surface area contributed by atoms with Gasteiger partial charge in [-0.2, -0.15) is 13.2 Å². The molecule has 0 aliphatic carbocycles. The van der Waals surface area contributed by atoms with Crippen molar-refractivity contribution >= 4 is 5.91 Å². The van der Waals surface area contributed by atoms with E-state index in [1.54, 1.807) is 4.90 Å². The molecule has 1 aromatic rings. The summed E-state index contributed by atoms with van der Waals surface area (Å²) in [4.78, 5) is 13.7. The molecule has 2 rings (SSSR count). The number of hydrogen-bond donors (Lipinski definition) is 1. The Labute approximate surface area is 115 Å². The van der Waals surface area contributed by atoms with Crippen molar-refractivity contribution in [2.24, 2.45) is 5.73 Å². The molecule has 1 fully saturated rings. The zero-order valence-corrected chi connectivity index (χ0v) is 11.0. The molecule has 1 aromatic carbocycles. The zero-order chi connectivity index (χ0) is 14.8. The maximum absolute atomic E-state index is 12.4. The Morgan fingerprint density at radius 1 is 1.30 bits per heavy atom. The van der Waals surface area contributed by atoms with Crippen LogP contribution in [0.1, 0.15) is 24.0 Å². The van der Waals surface area contributed by atoms with Crippen LogP contribution in [-0.2, 0) is 17.4 Å². The van der Waals surface area contributed by atoms with Crippen LogP contribution in [0.5, 0.6) is 0 Å². The Balaban J connectivity index is 1.97. The van der Waals surface area contributed by atoms with E-state index in [1.807, 2.05) is 0 Å². The molecule has 1 amide bonds. The molecule has 0 radical (unpaired) electrons. The van der Waals surface area contributed by atoms with Gasteiger partial charge in [0.25, 0.3) is 0 Å². The zero-order valence-electron chi connectivity index (χ0n) is 11.0. The van der Waals surface area contributed by atoms with Crippen LogP contribution < -0.4 is 5.73 Å². The Morgan fingerprint density at radius 3 is 2.50 bits per heavy atom. The minimum Gasteiger partial charge on any atom is -0.341 e. The summed E-state index contributed by atoms with van der Waals surface area (Å²) >= 11 is 0. The molecule has 0 saturated carbocycles. The van der Waals surface area contributed by atoms with Crippen LogP contribution in [0, 0.1) is 0 Å². The number of hydrogen-bond acceptors (Lipinski definition) is 2. The van der Waals surface area contributed by atoms with E-state index in [0.29, 0.717) is 18.7 Å². The lowest BCUT2D eigenvalue weighted by molar-refractivity contribution is -0.137. The summed E-state index contributed by atoms with van der Waals surface area (Å²) < 4.78 is 37.3. The van der Waals surface area contributed by atoms with Gasteiger partial charge in [-0.25, -0.2) is 0 Å². The van der Waals surface area contributed by atoms with Crippen molar-refractivity contribution in [2.75, 3.05) is 13.1 Å². The molecule has 0 spiro atoms. The van der Waals surface area contributed by atoms with Crippen molar-refractivity contribution in [3.8, 4) is 0 Å². The second-order valence-electron chi connectivity index (χ2n) is 5.11. The van der Waals surface area contributed by atoms with Crippen LogP contribution >= 0.6 is 0 Å². The minimum absolute atomic E-state index is 0.000283. The number of nitrogens with two attached hydrogens (primary N) is 1. The molecule has 0 bridgehead atoms. The van der Waals surface area contributed by atoms with Gasteiger partial charge in [-0.3, -0.25) is 4.79 Å². The van der Waals surface area contributed by atoms with Crippen LogP contribution in [0.3, 0.4) is 0 Å². The first-order chi connectivity index (χ1) is 9.36. The van der Waals surface area contributed by atoms with Gasteiger partial charge in [-0.05, 0) is 30.5 Å². The van der Waals surface area contributed by atoms with E-state index in [-0.39, 0.29) is 18.4 Å². The summed E-state index contributed by atoms with van der Waals surface area (Å²) in [5.41, 5.74) is 5.69. The first-order valence-electron chi connectivity index (χ1n) is 6.56. The molecule has 1 atom stereocenters. The molecule has 20 heavy (non-hydrogen) atoms. The maximum atomic E-state index is 12.4. The van der Waals surface area contributed by atoms with E-state index < -0.39 is 11.7 Å². The normalized spacial score (nSPS) is 20.0. The number of carbonyl (C=O) groups excluding carboxylic acids is 1. The number of benzene rings is 1. The number of halogens is 3. The molecular weight excluding hydrogens is 269 g/mol. The van der Waals surface area contributed by atoms with Crippen molar-refractivity contribution in [3.63, 3.8) is 0 Å². The largest absolute Gasteiger partial charge is 0.416 e. The first kappa shape index (κ1) is 14.8. The van der Waals surface area contributed by atoms with Crippen LogP contribution in [-0.4, -0.2) is 29.9 Å². The Morgan fingerprint density at radius 2 is 1.95 bits per heavy atom. The van der Waals surface area contributed by atoms with Gasteiger partial charge in [0, 0.05) is 19.1 Å². The van der Waals surface area contributed by atoms with Gasteiger partial charge in [-0.1, -0.05) is 12.1 Å². The first-order valence-corrected chi connectivity index (χ1v) is 6.56. The highest BCUT2D eigenvalue weighted by Crippen LogP contribution is 2.29. The number of rotatable bonds is 2.